The summed E-state index contributed by atoms with van der Waals surface area (Å²) in [6.45, 7) is 4.88. The smallest absolute Gasteiger partial charge is 0.327 e. The van der Waals surface area contributed by atoms with Crippen molar-refractivity contribution < 1.29 is 9.53 Å². The first-order chi connectivity index (χ1) is 11.7. The summed E-state index contributed by atoms with van der Waals surface area (Å²) in [5, 5.41) is 12.2. The molecule has 0 bridgehead atoms. The average molecular weight is 322 g/mol. The van der Waals surface area contributed by atoms with Crippen LogP contribution in [0.2, 0.25) is 0 Å². The third kappa shape index (κ3) is 4.68. The van der Waals surface area contributed by atoms with Crippen molar-refractivity contribution in [2.24, 2.45) is 0 Å². The molecule has 0 aliphatic heterocycles. The molecule has 1 N–H and O–H groups in total. The van der Waals surface area contributed by atoms with Gasteiger partial charge in [-0.2, -0.15) is 5.26 Å². The van der Waals surface area contributed by atoms with Crippen LogP contribution in [-0.4, -0.2) is 19.1 Å². The summed E-state index contributed by atoms with van der Waals surface area (Å²) in [6, 6.07) is 18.7. The number of ether oxygens (including phenoxy) is 1. The van der Waals surface area contributed by atoms with Gasteiger partial charge in [-0.25, -0.2) is 4.79 Å². The fraction of sp³-hybridized carbons (Fsp3) is 0.300. The number of carbonyl (C=O) groups is 1. The monoisotopic (exact) mass is 322 g/mol. The minimum Gasteiger partial charge on any atom is -0.465 e. The van der Waals surface area contributed by atoms with E-state index in [0.717, 1.165) is 11.1 Å². The Balaban J connectivity index is 2.06. The van der Waals surface area contributed by atoms with Gasteiger partial charge < -0.3 is 10.1 Å². The molecule has 124 valence electrons. The largest absolute Gasteiger partial charge is 0.465 e. The number of nitriles is 1. The van der Waals surface area contributed by atoms with Crippen LogP contribution in [0.1, 0.15) is 42.5 Å². The lowest BCUT2D eigenvalue weighted by molar-refractivity contribution is -0.145. The molecule has 0 spiro atoms. The first-order valence-corrected chi connectivity index (χ1v) is 8.10. The third-order valence-corrected chi connectivity index (χ3v) is 3.89. The van der Waals surface area contributed by atoms with Crippen LogP contribution >= 0.6 is 0 Å². The van der Waals surface area contributed by atoms with E-state index in [2.05, 4.69) is 18.3 Å². The van der Waals surface area contributed by atoms with Crippen molar-refractivity contribution in [3.8, 4) is 6.07 Å². The molecule has 0 aliphatic rings. The molecule has 1 unspecified atom stereocenters. The summed E-state index contributed by atoms with van der Waals surface area (Å²) < 4.78 is 5.19. The standard InChI is InChI=1S/C20H22N2O2/c1-3-24-20(23)19(18-7-5-4-6-8-18)22-14-15(2)17-11-9-16(13-21)10-12-17/h4-12,15,19,22H,3,14H2,1-2H3/t15?,19-/m0/s1. The lowest BCUT2D eigenvalue weighted by Crippen LogP contribution is -2.32. The van der Waals surface area contributed by atoms with Crippen molar-refractivity contribution in [1.82, 2.24) is 5.32 Å². The Hall–Kier alpha value is -2.64. The Morgan fingerprint density at radius 3 is 2.38 bits per heavy atom. The zero-order valence-electron chi connectivity index (χ0n) is 14.0. The third-order valence-electron chi connectivity index (χ3n) is 3.89. The Morgan fingerprint density at radius 1 is 1.12 bits per heavy atom. The highest BCUT2D eigenvalue weighted by molar-refractivity contribution is 5.77. The van der Waals surface area contributed by atoms with Gasteiger partial charge in [0.2, 0.25) is 0 Å². The second-order valence-corrected chi connectivity index (χ2v) is 5.64. The molecule has 0 aromatic heterocycles. The Kier molecular flexibility index (Phi) is 6.53. The van der Waals surface area contributed by atoms with Gasteiger partial charge in [0.15, 0.2) is 0 Å². The van der Waals surface area contributed by atoms with Crippen molar-refractivity contribution in [2.45, 2.75) is 25.8 Å². The van der Waals surface area contributed by atoms with Crippen LogP contribution in [0, 0.1) is 11.3 Å². The molecule has 2 aromatic rings. The van der Waals surface area contributed by atoms with E-state index >= 15 is 0 Å². The minimum absolute atomic E-state index is 0.207. The van der Waals surface area contributed by atoms with Crippen LogP contribution in [0.15, 0.2) is 54.6 Å². The molecule has 2 atom stereocenters. The molecule has 2 aromatic carbocycles. The van der Waals surface area contributed by atoms with Crippen molar-refractivity contribution in [1.29, 1.82) is 5.26 Å². The number of esters is 1. The number of benzene rings is 2. The van der Waals surface area contributed by atoms with E-state index in [0.29, 0.717) is 18.7 Å². The van der Waals surface area contributed by atoms with Gasteiger partial charge >= 0.3 is 5.97 Å². The summed E-state index contributed by atoms with van der Waals surface area (Å²) in [5.74, 6) is -0.0610. The molecular formula is C20H22N2O2. The maximum Gasteiger partial charge on any atom is 0.327 e. The van der Waals surface area contributed by atoms with Gasteiger partial charge in [-0.1, -0.05) is 49.4 Å². The van der Waals surface area contributed by atoms with E-state index in [1.807, 2.05) is 54.6 Å². The maximum absolute atomic E-state index is 12.3. The summed E-state index contributed by atoms with van der Waals surface area (Å²) in [5.41, 5.74) is 2.66. The second kappa shape index (κ2) is 8.85. The SMILES string of the molecule is CCOC(=O)[C@@H](NCC(C)c1ccc(C#N)cc1)c1ccccc1. The van der Waals surface area contributed by atoms with Gasteiger partial charge in [-0.3, -0.25) is 0 Å². The van der Waals surface area contributed by atoms with E-state index in [1.165, 1.54) is 0 Å². The van der Waals surface area contributed by atoms with Crippen LogP contribution < -0.4 is 5.32 Å². The van der Waals surface area contributed by atoms with Gasteiger partial charge in [-0.05, 0) is 36.1 Å². The summed E-state index contributed by atoms with van der Waals surface area (Å²) in [4.78, 5) is 12.3. The molecule has 0 aliphatic carbocycles. The first kappa shape index (κ1) is 17.7. The number of hydrogen-bond donors (Lipinski definition) is 1. The van der Waals surface area contributed by atoms with Gasteiger partial charge in [0.05, 0.1) is 18.2 Å². The summed E-state index contributed by atoms with van der Waals surface area (Å²) in [6.07, 6.45) is 0. The highest BCUT2D eigenvalue weighted by atomic mass is 16.5. The zero-order chi connectivity index (χ0) is 17.4. The molecule has 0 radical (unpaired) electrons. The van der Waals surface area contributed by atoms with E-state index in [-0.39, 0.29) is 11.9 Å². The zero-order valence-corrected chi connectivity index (χ0v) is 14.0. The van der Waals surface area contributed by atoms with Crippen molar-refractivity contribution in [3.63, 3.8) is 0 Å². The number of carbonyl (C=O) groups excluding carboxylic acids is 1. The molecule has 4 heteroatoms. The van der Waals surface area contributed by atoms with E-state index < -0.39 is 6.04 Å². The van der Waals surface area contributed by atoms with Crippen molar-refractivity contribution >= 4 is 5.97 Å². The van der Waals surface area contributed by atoms with E-state index in [1.54, 1.807) is 6.92 Å². The van der Waals surface area contributed by atoms with Gasteiger partial charge in [0.25, 0.3) is 0 Å². The predicted molar refractivity (Wildman–Crippen MR) is 93.4 cm³/mol. The highest BCUT2D eigenvalue weighted by Gasteiger charge is 2.22. The molecule has 24 heavy (non-hydrogen) atoms. The highest BCUT2D eigenvalue weighted by Crippen LogP contribution is 2.19. The quantitative estimate of drug-likeness (QED) is 0.792. The topological polar surface area (TPSA) is 62.1 Å². The number of rotatable bonds is 7. The fourth-order valence-electron chi connectivity index (χ4n) is 2.51. The fourth-order valence-corrected chi connectivity index (χ4v) is 2.51. The summed E-state index contributed by atoms with van der Waals surface area (Å²) >= 11 is 0. The lowest BCUT2D eigenvalue weighted by Gasteiger charge is -2.20. The number of nitrogens with zero attached hydrogens (tertiary/aromatic N) is 1. The maximum atomic E-state index is 12.3. The normalized spacial score (nSPS) is 12.9. The lowest BCUT2D eigenvalue weighted by atomic mass is 9.99. The molecule has 4 nitrogen and oxygen atoms in total. The van der Waals surface area contributed by atoms with Crippen molar-refractivity contribution in [2.75, 3.05) is 13.2 Å². The number of nitrogens with one attached hydrogen (secondary N) is 1. The molecule has 0 amide bonds. The first-order valence-electron chi connectivity index (χ1n) is 8.10. The van der Waals surface area contributed by atoms with Crippen LogP contribution in [0.25, 0.3) is 0 Å². The van der Waals surface area contributed by atoms with Crippen LogP contribution in [-0.2, 0) is 9.53 Å². The summed E-state index contributed by atoms with van der Waals surface area (Å²) in [7, 11) is 0. The van der Waals surface area contributed by atoms with Crippen LogP contribution in [0.5, 0.6) is 0 Å². The van der Waals surface area contributed by atoms with Crippen molar-refractivity contribution in [3.05, 3.63) is 71.3 Å². The molecule has 0 saturated heterocycles. The van der Waals surface area contributed by atoms with Crippen LogP contribution in [0.4, 0.5) is 0 Å². The second-order valence-electron chi connectivity index (χ2n) is 5.64. The Bertz CT molecular complexity index is 690. The molecule has 0 fully saturated rings. The van der Waals surface area contributed by atoms with Gasteiger partial charge in [0.1, 0.15) is 6.04 Å². The predicted octanol–water partition coefficient (Wildman–Crippen LogP) is 3.56. The van der Waals surface area contributed by atoms with E-state index in [9.17, 15) is 4.79 Å². The Labute approximate surface area is 143 Å². The molecule has 2 rings (SSSR count). The Morgan fingerprint density at radius 2 is 1.79 bits per heavy atom. The average Bonchev–Trinajstić information content (AvgIpc) is 2.63. The molecule has 0 saturated carbocycles. The molecular weight excluding hydrogens is 300 g/mol. The molecule has 0 heterocycles. The van der Waals surface area contributed by atoms with Gasteiger partial charge in [0, 0.05) is 6.54 Å². The van der Waals surface area contributed by atoms with Gasteiger partial charge in [-0.15, -0.1) is 0 Å². The number of hydrogen-bond acceptors (Lipinski definition) is 4. The minimum atomic E-state index is -0.480. The van der Waals surface area contributed by atoms with Crippen LogP contribution in [0.3, 0.4) is 0 Å². The van der Waals surface area contributed by atoms with E-state index in [4.69, 9.17) is 10.00 Å².